The number of hydrogen-bond acceptors (Lipinski definition) is 11. The second kappa shape index (κ2) is 21.2. The molecule has 2 aliphatic carbocycles. The highest BCUT2D eigenvalue weighted by molar-refractivity contribution is 5.76. The van der Waals surface area contributed by atoms with E-state index in [-0.39, 0.29) is 24.8 Å². The van der Waals surface area contributed by atoms with E-state index in [9.17, 15) is 4.79 Å². The standard InChI is InChI=1S/C58H73N9O3/c1-63-36-42-14-8-17-52(67-27-29-69-30-28-67)51(42)34-47(63)38-65(3)54-19-9-16-49-48(20-24-60-57(49)54)43-31-44-35-61-46(37-64(2)53-18-7-13-41-15-10-23-59-56(41)53)33-50(44)55(32-43)66-25-21-45(22-26-66)62-58(68)70-39-40-11-5-4-6-12-40/h4-6,8,10-12,14-15,17,20,23-24,31-32,45-47,53-54,61H,7,9,13,16,18-19,21-22,25-30,33-39H2,1-3H3,(H,62,68)/t46-,47+,53-,54-/m0/s1. The number of pyridine rings is 2. The number of amides is 1. The summed E-state index contributed by atoms with van der Waals surface area (Å²) in [4.78, 5) is 36.0. The molecule has 3 aromatic carbocycles. The van der Waals surface area contributed by atoms with E-state index in [1.165, 1.54) is 73.7 Å². The minimum atomic E-state index is -0.337. The van der Waals surface area contributed by atoms with Crippen molar-refractivity contribution < 1.29 is 14.3 Å². The molecule has 5 aromatic rings. The number of carbonyl (C=O) groups excluding carboxylic acids is 1. The Bertz CT molecular complexity index is 2610. The van der Waals surface area contributed by atoms with Crippen LogP contribution in [0.1, 0.15) is 101 Å². The quantitative estimate of drug-likeness (QED) is 0.127. The SMILES string of the molecule is CN1Cc2cccc(N3CCOCC3)c2C[C@@H]1CN(C)[C@H]1CCCc2c(-c3cc4c(c(N5CCC(NC(=O)OCc6ccccc6)CC5)c3)C[C@@H](CN(C)[C@H]3CCCc5cccnc53)NC4)ccnc21. The van der Waals surface area contributed by atoms with E-state index in [4.69, 9.17) is 19.4 Å². The average Bonchev–Trinajstić information content (AvgIpc) is 3.40. The van der Waals surface area contributed by atoms with E-state index >= 15 is 0 Å². The van der Waals surface area contributed by atoms with Gasteiger partial charge in [-0.15, -0.1) is 0 Å². The summed E-state index contributed by atoms with van der Waals surface area (Å²) in [5.41, 5.74) is 17.5. The maximum Gasteiger partial charge on any atom is 0.407 e. The van der Waals surface area contributed by atoms with Gasteiger partial charge in [0.25, 0.3) is 0 Å². The number of piperidine rings is 1. The van der Waals surface area contributed by atoms with Crippen molar-refractivity contribution in [1.29, 1.82) is 0 Å². The fraction of sp³-hybridized carbons (Fsp3) is 0.500. The molecule has 11 rings (SSSR count). The number of benzene rings is 3. The number of fused-ring (bicyclic) bond motifs is 4. The van der Waals surface area contributed by atoms with Crippen molar-refractivity contribution in [3.8, 4) is 11.1 Å². The molecule has 2 aromatic heterocycles. The number of aryl methyl sites for hydroxylation is 1. The monoisotopic (exact) mass is 944 g/mol. The lowest BCUT2D eigenvalue weighted by molar-refractivity contribution is 0.121. The van der Waals surface area contributed by atoms with Gasteiger partial charge < -0.3 is 29.9 Å². The molecule has 0 radical (unpaired) electrons. The third-order valence-electron chi connectivity index (χ3n) is 16.7. The van der Waals surface area contributed by atoms with E-state index in [1.54, 1.807) is 0 Å². The third kappa shape index (κ3) is 10.1. The molecule has 0 bridgehead atoms. The molecular formula is C58H73N9O3. The zero-order valence-corrected chi connectivity index (χ0v) is 41.8. The zero-order chi connectivity index (χ0) is 47.6. The van der Waals surface area contributed by atoms with Gasteiger partial charge in [-0.3, -0.25) is 24.7 Å². The molecule has 70 heavy (non-hydrogen) atoms. The van der Waals surface area contributed by atoms with Crippen LogP contribution in [0.25, 0.3) is 11.1 Å². The van der Waals surface area contributed by atoms with Crippen LogP contribution in [0.5, 0.6) is 0 Å². The summed E-state index contributed by atoms with van der Waals surface area (Å²) >= 11 is 0. The molecule has 6 heterocycles. The van der Waals surface area contributed by atoms with Gasteiger partial charge in [0, 0.05) is 94.3 Å². The maximum atomic E-state index is 13.0. The van der Waals surface area contributed by atoms with Crippen molar-refractivity contribution in [2.24, 2.45) is 0 Å². The molecule has 12 heteroatoms. The number of rotatable bonds is 12. The van der Waals surface area contributed by atoms with Crippen LogP contribution in [0.15, 0.2) is 91.3 Å². The number of ether oxygens (including phenoxy) is 2. The predicted octanol–water partition coefficient (Wildman–Crippen LogP) is 8.27. The van der Waals surface area contributed by atoms with Gasteiger partial charge in [-0.2, -0.15) is 0 Å². The van der Waals surface area contributed by atoms with Crippen LogP contribution >= 0.6 is 0 Å². The molecule has 2 saturated heterocycles. The molecule has 0 unspecified atom stereocenters. The fourth-order valence-electron chi connectivity index (χ4n) is 12.9. The van der Waals surface area contributed by atoms with Crippen molar-refractivity contribution in [2.75, 3.05) is 83.4 Å². The first-order chi connectivity index (χ1) is 34.3. The lowest BCUT2D eigenvalue weighted by Crippen LogP contribution is -2.47. The van der Waals surface area contributed by atoms with Gasteiger partial charge in [0.1, 0.15) is 6.61 Å². The van der Waals surface area contributed by atoms with Crippen LogP contribution in [0, 0.1) is 0 Å². The molecule has 368 valence electrons. The normalized spacial score (nSPS) is 22.8. The maximum absolute atomic E-state index is 13.0. The van der Waals surface area contributed by atoms with Crippen molar-refractivity contribution in [1.82, 2.24) is 35.3 Å². The highest BCUT2D eigenvalue weighted by Gasteiger charge is 2.35. The first-order valence-electron chi connectivity index (χ1n) is 26.4. The molecule has 12 nitrogen and oxygen atoms in total. The number of carbonyl (C=O) groups is 1. The first kappa shape index (κ1) is 47.0. The average molecular weight is 944 g/mol. The summed E-state index contributed by atoms with van der Waals surface area (Å²) in [5, 5.41) is 7.21. The molecule has 1 amide bonds. The minimum absolute atomic E-state index is 0.0738. The summed E-state index contributed by atoms with van der Waals surface area (Å²) in [6, 6.07) is 29.9. The van der Waals surface area contributed by atoms with Gasteiger partial charge >= 0.3 is 6.09 Å². The van der Waals surface area contributed by atoms with Crippen LogP contribution in [-0.2, 0) is 54.9 Å². The molecule has 4 atom stereocenters. The van der Waals surface area contributed by atoms with E-state index in [2.05, 4.69) is 111 Å². The Hall–Kier alpha value is -5.37. The number of likely N-dealkylation sites (N-methyl/N-ethyl adjacent to an activating group) is 3. The second-order valence-electron chi connectivity index (χ2n) is 21.1. The van der Waals surface area contributed by atoms with E-state index in [0.717, 1.165) is 129 Å². The number of aromatic nitrogens is 2. The van der Waals surface area contributed by atoms with Crippen LogP contribution in [-0.4, -0.2) is 123 Å². The number of nitrogens with one attached hydrogen (secondary N) is 2. The van der Waals surface area contributed by atoms with Crippen LogP contribution in [0.2, 0.25) is 0 Å². The Balaban J connectivity index is 0.836. The predicted molar refractivity (Wildman–Crippen MR) is 278 cm³/mol. The van der Waals surface area contributed by atoms with E-state index in [0.29, 0.717) is 18.1 Å². The molecule has 0 saturated carbocycles. The number of morpholine rings is 1. The third-order valence-corrected chi connectivity index (χ3v) is 16.7. The topological polar surface area (TPSA) is 102 Å². The Kier molecular flexibility index (Phi) is 14.2. The molecule has 4 aliphatic heterocycles. The number of alkyl carbamates (subject to hydrolysis) is 1. The van der Waals surface area contributed by atoms with Crippen molar-refractivity contribution >= 4 is 17.5 Å². The summed E-state index contributed by atoms with van der Waals surface area (Å²) < 4.78 is 11.4. The first-order valence-corrected chi connectivity index (χ1v) is 26.4. The van der Waals surface area contributed by atoms with E-state index in [1.807, 2.05) is 36.5 Å². The van der Waals surface area contributed by atoms with Crippen molar-refractivity contribution in [3.63, 3.8) is 0 Å². The lowest BCUT2D eigenvalue weighted by atomic mass is 9.83. The zero-order valence-electron chi connectivity index (χ0n) is 41.8. The molecule has 0 spiro atoms. The number of nitrogens with zero attached hydrogens (tertiary/aromatic N) is 7. The van der Waals surface area contributed by atoms with Crippen LogP contribution < -0.4 is 20.4 Å². The number of anilines is 2. The Morgan fingerprint density at radius 3 is 2.33 bits per heavy atom. The van der Waals surface area contributed by atoms with Gasteiger partial charge in [0.05, 0.1) is 36.7 Å². The van der Waals surface area contributed by atoms with Gasteiger partial charge in [0.2, 0.25) is 0 Å². The van der Waals surface area contributed by atoms with Crippen LogP contribution in [0.3, 0.4) is 0 Å². The summed E-state index contributed by atoms with van der Waals surface area (Å²) in [5.74, 6) is 0. The number of hydrogen-bond donors (Lipinski definition) is 2. The smallest absolute Gasteiger partial charge is 0.407 e. The Morgan fingerprint density at radius 1 is 0.743 bits per heavy atom. The van der Waals surface area contributed by atoms with Gasteiger partial charge in [-0.1, -0.05) is 48.5 Å². The largest absolute Gasteiger partial charge is 0.445 e. The van der Waals surface area contributed by atoms with E-state index < -0.39 is 0 Å². The second-order valence-corrected chi connectivity index (χ2v) is 21.1. The minimum Gasteiger partial charge on any atom is -0.445 e. The fourth-order valence-corrected chi connectivity index (χ4v) is 12.9. The molecule has 6 aliphatic rings. The molecular weight excluding hydrogens is 871 g/mol. The summed E-state index contributed by atoms with van der Waals surface area (Å²) in [7, 11) is 6.95. The van der Waals surface area contributed by atoms with Crippen molar-refractivity contribution in [2.45, 2.75) is 114 Å². The highest BCUT2D eigenvalue weighted by Crippen LogP contribution is 2.42. The molecule has 2 N–H and O–H groups in total. The lowest BCUT2D eigenvalue weighted by Gasteiger charge is -2.41. The summed E-state index contributed by atoms with van der Waals surface area (Å²) in [6.07, 6.45) is 14.2. The van der Waals surface area contributed by atoms with Crippen molar-refractivity contribution in [3.05, 3.63) is 142 Å². The van der Waals surface area contributed by atoms with Gasteiger partial charge in [-0.25, -0.2) is 4.79 Å². The summed E-state index contributed by atoms with van der Waals surface area (Å²) in [6.45, 7) is 9.31. The Labute approximate surface area is 415 Å². The van der Waals surface area contributed by atoms with Gasteiger partial charge in [0.15, 0.2) is 0 Å². The highest BCUT2D eigenvalue weighted by atomic mass is 16.5. The van der Waals surface area contributed by atoms with Crippen LogP contribution in [0.4, 0.5) is 16.2 Å². The molecule has 2 fully saturated rings. The Morgan fingerprint density at radius 2 is 1.49 bits per heavy atom. The van der Waals surface area contributed by atoms with Gasteiger partial charge in [-0.05, 0) is 166 Å².